The third kappa shape index (κ3) is 2.38. The van der Waals surface area contributed by atoms with E-state index in [1.54, 1.807) is 6.26 Å². The van der Waals surface area contributed by atoms with E-state index in [1.807, 2.05) is 36.4 Å². The quantitative estimate of drug-likeness (QED) is 0.804. The third-order valence-electron chi connectivity index (χ3n) is 4.25. The number of carbonyl (C=O) groups excluding carboxylic acids is 1. The number of benzene rings is 1. The van der Waals surface area contributed by atoms with Gasteiger partial charge in [-0.05, 0) is 30.7 Å². The van der Waals surface area contributed by atoms with Crippen LogP contribution in [0.15, 0.2) is 47.1 Å². The molecule has 1 aliphatic rings. The van der Waals surface area contributed by atoms with E-state index >= 15 is 0 Å². The van der Waals surface area contributed by atoms with Gasteiger partial charge in [0.15, 0.2) is 0 Å². The molecule has 0 saturated heterocycles. The summed E-state index contributed by atoms with van der Waals surface area (Å²) in [6.45, 7) is 3.17. The lowest BCUT2D eigenvalue weighted by molar-refractivity contribution is 0.0932. The fourth-order valence-corrected chi connectivity index (χ4v) is 3.07. The van der Waals surface area contributed by atoms with Gasteiger partial charge in [-0.3, -0.25) is 4.79 Å². The zero-order valence-corrected chi connectivity index (χ0v) is 12.9. The van der Waals surface area contributed by atoms with Crippen molar-refractivity contribution in [1.82, 2.24) is 9.88 Å². The van der Waals surface area contributed by atoms with E-state index in [9.17, 15) is 4.79 Å². The van der Waals surface area contributed by atoms with Crippen molar-refractivity contribution in [1.29, 1.82) is 0 Å². The van der Waals surface area contributed by atoms with Crippen LogP contribution >= 0.6 is 0 Å². The van der Waals surface area contributed by atoms with Crippen LogP contribution in [-0.2, 0) is 13.1 Å². The molecule has 5 heteroatoms. The molecule has 4 rings (SSSR count). The molecule has 1 atom stereocenters. The van der Waals surface area contributed by atoms with Gasteiger partial charge in [-0.1, -0.05) is 19.1 Å². The lowest BCUT2D eigenvalue weighted by Gasteiger charge is -2.26. The number of amides is 1. The number of ether oxygens (including phenoxy) is 1. The van der Waals surface area contributed by atoms with Crippen LogP contribution in [0.2, 0.25) is 0 Å². The highest BCUT2D eigenvalue weighted by molar-refractivity contribution is 6.00. The van der Waals surface area contributed by atoms with Crippen LogP contribution in [-0.4, -0.2) is 16.6 Å². The number of aromatic nitrogens is 1. The normalized spacial score (nSPS) is 16.3. The number of hydrogen-bond acceptors (Lipinski definition) is 3. The van der Waals surface area contributed by atoms with E-state index in [-0.39, 0.29) is 12.0 Å². The maximum absolute atomic E-state index is 12.6. The standard InChI is InChI=1S/C18H18N2O3/c1-2-13-11-20-15(18(21)19-10-14-6-4-8-22-14)9-12-5-3-7-16(23-13)17(12)20/h3-9,13H,2,10-11H2,1H3,(H,19,21). The summed E-state index contributed by atoms with van der Waals surface area (Å²) < 4.78 is 13.3. The van der Waals surface area contributed by atoms with Crippen molar-refractivity contribution in [2.24, 2.45) is 0 Å². The fourth-order valence-electron chi connectivity index (χ4n) is 3.07. The molecule has 3 heterocycles. The summed E-state index contributed by atoms with van der Waals surface area (Å²) in [5.41, 5.74) is 1.67. The largest absolute Gasteiger partial charge is 0.486 e. The van der Waals surface area contributed by atoms with Crippen LogP contribution in [0.1, 0.15) is 29.6 Å². The Kier molecular flexibility index (Phi) is 3.33. The molecule has 1 N–H and O–H groups in total. The molecule has 0 aliphatic carbocycles. The second-order valence-electron chi connectivity index (χ2n) is 5.74. The number of nitrogens with zero attached hydrogens (tertiary/aromatic N) is 1. The van der Waals surface area contributed by atoms with E-state index in [2.05, 4.69) is 16.8 Å². The van der Waals surface area contributed by atoms with Crippen LogP contribution in [0.5, 0.6) is 5.75 Å². The SMILES string of the molecule is CCC1Cn2c(C(=O)NCc3ccco3)cc3cccc(c32)O1. The fraction of sp³-hybridized carbons (Fsp3) is 0.278. The van der Waals surface area contributed by atoms with Gasteiger partial charge in [-0.2, -0.15) is 0 Å². The van der Waals surface area contributed by atoms with Gasteiger partial charge in [-0.25, -0.2) is 0 Å². The highest BCUT2D eigenvalue weighted by Gasteiger charge is 2.25. The van der Waals surface area contributed by atoms with Crippen LogP contribution in [0.3, 0.4) is 0 Å². The molecule has 1 aliphatic heterocycles. The molecule has 3 aromatic rings. The first-order valence-electron chi connectivity index (χ1n) is 7.85. The van der Waals surface area contributed by atoms with Crippen molar-refractivity contribution in [3.63, 3.8) is 0 Å². The minimum absolute atomic E-state index is 0.0946. The van der Waals surface area contributed by atoms with Gasteiger partial charge in [0.2, 0.25) is 0 Å². The van der Waals surface area contributed by atoms with E-state index < -0.39 is 0 Å². The van der Waals surface area contributed by atoms with Crippen molar-refractivity contribution in [3.8, 4) is 5.75 Å². The first-order valence-corrected chi connectivity index (χ1v) is 7.85. The van der Waals surface area contributed by atoms with Crippen molar-refractivity contribution in [3.05, 3.63) is 54.1 Å². The Balaban J connectivity index is 1.68. The molecule has 5 nitrogen and oxygen atoms in total. The second-order valence-corrected chi connectivity index (χ2v) is 5.74. The number of nitrogens with one attached hydrogen (secondary N) is 1. The molecular formula is C18H18N2O3. The molecule has 0 spiro atoms. The molecule has 23 heavy (non-hydrogen) atoms. The number of para-hydroxylation sites is 1. The zero-order chi connectivity index (χ0) is 15.8. The third-order valence-corrected chi connectivity index (χ3v) is 4.25. The number of rotatable bonds is 4. The predicted octanol–water partition coefficient (Wildman–Crippen LogP) is 3.34. The van der Waals surface area contributed by atoms with Gasteiger partial charge in [0.1, 0.15) is 23.3 Å². The van der Waals surface area contributed by atoms with Crippen molar-refractivity contribution in [2.75, 3.05) is 0 Å². The summed E-state index contributed by atoms with van der Waals surface area (Å²) in [4.78, 5) is 12.6. The summed E-state index contributed by atoms with van der Waals surface area (Å²) in [5, 5.41) is 3.95. The van der Waals surface area contributed by atoms with Crippen LogP contribution < -0.4 is 10.1 Å². The molecule has 1 aromatic carbocycles. The zero-order valence-electron chi connectivity index (χ0n) is 12.9. The Hall–Kier alpha value is -2.69. The number of carbonyl (C=O) groups is 1. The van der Waals surface area contributed by atoms with Gasteiger partial charge in [0, 0.05) is 5.39 Å². The van der Waals surface area contributed by atoms with Crippen LogP contribution in [0, 0.1) is 0 Å². The highest BCUT2D eigenvalue weighted by Crippen LogP contribution is 2.34. The summed E-state index contributed by atoms with van der Waals surface area (Å²) in [6.07, 6.45) is 2.60. The molecule has 0 bridgehead atoms. The molecule has 118 valence electrons. The van der Waals surface area contributed by atoms with Gasteiger partial charge in [0.05, 0.1) is 24.9 Å². The van der Waals surface area contributed by atoms with Crippen molar-refractivity contribution < 1.29 is 13.9 Å². The summed E-state index contributed by atoms with van der Waals surface area (Å²) in [5.74, 6) is 1.49. The summed E-state index contributed by atoms with van der Waals surface area (Å²) >= 11 is 0. The average molecular weight is 310 g/mol. The van der Waals surface area contributed by atoms with E-state index in [0.717, 1.165) is 28.8 Å². The smallest absolute Gasteiger partial charge is 0.268 e. The Labute approximate surface area is 133 Å². The van der Waals surface area contributed by atoms with Crippen molar-refractivity contribution >= 4 is 16.8 Å². The van der Waals surface area contributed by atoms with Gasteiger partial charge in [-0.15, -0.1) is 0 Å². The molecule has 0 fully saturated rings. The molecule has 1 amide bonds. The molecule has 2 aromatic heterocycles. The highest BCUT2D eigenvalue weighted by atomic mass is 16.5. The topological polar surface area (TPSA) is 56.4 Å². The lowest BCUT2D eigenvalue weighted by atomic mass is 10.2. The van der Waals surface area contributed by atoms with Gasteiger partial charge < -0.3 is 19.0 Å². The first-order chi connectivity index (χ1) is 11.3. The minimum atomic E-state index is -0.0969. The Morgan fingerprint density at radius 3 is 3.04 bits per heavy atom. The van der Waals surface area contributed by atoms with Gasteiger partial charge >= 0.3 is 0 Å². The van der Waals surface area contributed by atoms with Crippen LogP contribution in [0.4, 0.5) is 0 Å². The Morgan fingerprint density at radius 1 is 1.35 bits per heavy atom. The van der Waals surface area contributed by atoms with E-state index in [4.69, 9.17) is 9.15 Å². The molecule has 0 radical (unpaired) electrons. The number of furan rings is 1. The molecule has 0 saturated carbocycles. The second kappa shape index (κ2) is 5.50. The summed E-state index contributed by atoms with van der Waals surface area (Å²) in [6, 6.07) is 11.5. The van der Waals surface area contributed by atoms with Crippen molar-refractivity contribution in [2.45, 2.75) is 32.5 Å². The average Bonchev–Trinajstić information content (AvgIpc) is 3.21. The van der Waals surface area contributed by atoms with E-state index in [1.165, 1.54) is 0 Å². The van der Waals surface area contributed by atoms with Crippen LogP contribution in [0.25, 0.3) is 10.9 Å². The monoisotopic (exact) mass is 310 g/mol. The Bertz CT molecular complexity index is 849. The number of hydrogen-bond donors (Lipinski definition) is 1. The van der Waals surface area contributed by atoms with Gasteiger partial charge in [0.25, 0.3) is 5.91 Å². The predicted molar refractivity (Wildman–Crippen MR) is 86.5 cm³/mol. The molecular weight excluding hydrogens is 292 g/mol. The minimum Gasteiger partial charge on any atom is -0.486 e. The lowest BCUT2D eigenvalue weighted by Crippen LogP contribution is -2.31. The maximum atomic E-state index is 12.6. The summed E-state index contributed by atoms with van der Waals surface area (Å²) in [7, 11) is 0. The first kappa shape index (κ1) is 13.9. The maximum Gasteiger partial charge on any atom is 0.268 e. The Morgan fingerprint density at radius 2 is 2.26 bits per heavy atom. The molecule has 1 unspecified atom stereocenters. The van der Waals surface area contributed by atoms with E-state index in [0.29, 0.717) is 18.8 Å².